The number of hydrogen-bond donors (Lipinski definition) is 3. The lowest BCUT2D eigenvalue weighted by Gasteiger charge is -2.23. The largest absolute Gasteiger partial charge is 0.384 e. The van der Waals surface area contributed by atoms with Crippen LogP contribution in [0, 0.1) is 0 Å². The van der Waals surface area contributed by atoms with E-state index in [1.54, 1.807) is 12.1 Å². The van der Waals surface area contributed by atoms with Gasteiger partial charge in [0, 0.05) is 51.2 Å². The molecule has 1 aromatic rings. The number of carbonyl (C=O) groups excluding carboxylic acids is 1. The summed E-state index contributed by atoms with van der Waals surface area (Å²) in [5, 5.41) is 9.34. The van der Waals surface area contributed by atoms with Gasteiger partial charge in [-0.1, -0.05) is 0 Å². The Hall–Kier alpha value is -1.00. The SMILES string of the molecule is CCNc1ccc(S(=O)(=O)N(C)C)cc1NC(=O)CC1CSCCN1.Cl. The van der Waals surface area contributed by atoms with E-state index in [-0.39, 0.29) is 29.3 Å². The molecule has 0 bridgehead atoms. The number of carbonyl (C=O) groups is 1. The van der Waals surface area contributed by atoms with Crippen molar-refractivity contribution >= 4 is 51.5 Å². The first-order valence-corrected chi connectivity index (χ1v) is 10.9. The normalized spacial score (nSPS) is 17.5. The van der Waals surface area contributed by atoms with E-state index in [2.05, 4.69) is 16.0 Å². The van der Waals surface area contributed by atoms with Crippen LogP contribution in [0.3, 0.4) is 0 Å². The maximum Gasteiger partial charge on any atom is 0.242 e. The molecule has 10 heteroatoms. The summed E-state index contributed by atoms with van der Waals surface area (Å²) in [5.41, 5.74) is 1.19. The highest BCUT2D eigenvalue weighted by Crippen LogP contribution is 2.27. The molecule has 2 rings (SSSR count). The third-order valence-electron chi connectivity index (χ3n) is 3.84. The van der Waals surface area contributed by atoms with Gasteiger partial charge in [0.05, 0.1) is 16.3 Å². The molecule has 1 saturated heterocycles. The summed E-state index contributed by atoms with van der Waals surface area (Å²) in [6.45, 7) is 3.52. The number of halogens is 1. The molecule has 7 nitrogen and oxygen atoms in total. The first-order chi connectivity index (χ1) is 11.8. The minimum atomic E-state index is -3.56. The first kappa shape index (κ1) is 23.0. The average molecular weight is 423 g/mol. The van der Waals surface area contributed by atoms with Crippen LogP contribution >= 0.6 is 24.2 Å². The van der Waals surface area contributed by atoms with Crippen molar-refractivity contribution in [3.8, 4) is 0 Å². The molecule has 1 amide bonds. The molecule has 1 unspecified atom stereocenters. The third-order valence-corrected chi connectivity index (χ3v) is 6.78. The number of amides is 1. The van der Waals surface area contributed by atoms with Gasteiger partial charge in [0.2, 0.25) is 15.9 Å². The second-order valence-corrected chi connectivity index (χ2v) is 9.31. The fourth-order valence-electron chi connectivity index (χ4n) is 2.52. The zero-order chi connectivity index (χ0) is 18.4. The maximum atomic E-state index is 12.4. The van der Waals surface area contributed by atoms with Crippen LogP contribution in [-0.2, 0) is 14.8 Å². The van der Waals surface area contributed by atoms with Crippen LogP contribution in [0.5, 0.6) is 0 Å². The van der Waals surface area contributed by atoms with Crippen LogP contribution in [0.2, 0.25) is 0 Å². The number of nitrogens with one attached hydrogen (secondary N) is 3. The summed E-state index contributed by atoms with van der Waals surface area (Å²) < 4.78 is 25.8. The van der Waals surface area contributed by atoms with Crippen molar-refractivity contribution in [1.29, 1.82) is 0 Å². The minimum Gasteiger partial charge on any atom is -0.384 e. The minimum absolute atomic E-state index is 0. The molecule has 148 valence electrons. The third kappa shape index (κ3) is 6.02. The lowest BCUT2D eigenvalue weighted by molar-refractivity contribution is -0.116. The summed E-state index contributed by atoms with van der Waals surface area (Å²) in [6, 6.07) is 4.89. The fraction of sp³-hybridized carbons (Fsp3) is 0.562. The lowest BCUT2D eigenvalue weighted by Crippen LogP contribution is -2.40. The molecule has 1 aliphatic rings. The zero-order valence-corrected chi connectivity index (χ0v) is 17.7. The van der Waals surface area contributed by atoms with Gasteiger partial charge in [0.15, 0.2) is 0 Å². The number of sulfonamides is 1. The molecule has 1 aromatic carbocycles. The van der Waals surface area contributed by atoms with Gasteiger partial charge in [-0.2, -0.15) is 11.8 Å². The van der Waals surface area contributed by atoms with Crippen LogP contribution < -0.4 is 16.0 Å². The van der Waals surface area contributed by atoms with E-state index in [0.717, 1.165) is 22.4 Å². The Labute approximate surface area is 166 Å². The van der Waals surface area contributed by atoms with Gasteiger partial charge >= 0.3 is 0 Å². The number of anilines is 2. The van der Waals surface area contributed by atoms with E-state index in [1.807, 2.05) is 18.7 Å². The highest BCUT2D eigenvalue weighted by Gasteiger charge is 2.21. The van der Waals surface area contributed by atoms with Crippen LogP contribution in [0.4, 0.5) is 11.4 Å². The van der Waals surface area contributed by atoms with Gasteiger partial charge in [-0.15, -0.1) is 12.4 Å². The molecule has 0 spiro atoms. The molecule has 1 atom stereocenters. The van der Waals surface area contributed by atoms with Gasteiger partial charge in [-0.3, -0.25) is 4.79 Å². The second kappa shape index (κ2) is 10.4. The summed E-state index contributed by atoms with van der Waals surface area (Å²) >= 11 is 1.83. The molecular formula is C16H27ClN4O3S2. The Bertz CT molecular complexity index is 707. The Morgan fingerprint density at radius 1 is 1.35 bits per heavy atom. The molecule has 26 heavy (non-hydrogen) atoms. The average Bonchev–Trinajstić information content (AvgIpc) is 2.57. The van der Waals surface area contributed by atoms with E-state index >= 15 is 0 Å². The van der Waals surface area contributed by atoms with Crippen molar-refractivity contribution in [2.24, 2.45) is 0 Å². The molecule has 0 saturated carbocycles. The Morgan fingerprint density at radius 2 is 2.08 bits per heavy atom. The van der Waals surface area contributed by atoms with E-state index < -0.39 is 10.0 Å². The van der Waals surface area contributed by atoms with Crippen LogP contribution in [0.15, 0.2) is 23.1 Å². The smallest absolute Gasteiger partial charge is 0.242 e. The number of benzene rings is 1. The van der Waals surface area contributed by atoms with Crippen molar-refractivity contribution < 1.29 is 13.2 Å². The molecule has 0 aromatic heterocycles. The highest BCUT2D eigenvalue weighted by molar-refractivity contribution is 7.99. The molecule has 1 fully saturated rings. The van der Waals surface area contributed by atoms with Crippen LogP contribution in [0.25, 0.3) is 0 Å². The number of nitrogens with zero attached hydrogens (tertiary/aromatic N) is 1. The Kier molecular flexibility index (Phi) is 9.18. The number of thioether (sulfide) groups is 1. The molecular weight excluding hydrogens is 396 g/mol. The van der Waals surface area contributed by atoms with Crippen LogP contribution in [-0.4, -0.2) is 63.4 Å². The van der Waals surface area contributed by atoms with Crippen molar-refractivity contribution in [2.45, 2.75) is 24.3 Å². The summed E-state index contributed by atoms with van der Waals surface area (Å²) in [7, 11) is -0.587. The first-order valence-electron chi connectivity index (χ1n) is 8.26. The van der Waals surface area contributed by atoms with Crippen molar-refractivity contribution in [1.82, 2.24) is 9.62 Å². The molecule has 0 aliphatic carbocycles. The Morgan fingerprint density at radius 3 is 2.65 bits per heavy atom. The molecule has 1 aliphatic heterocycles. The van der Waals surface area contributed by atoms with Gasteiger partial charge in [-0.25, -0.2) is 12.7 Å². The van der Waals surface area contributed by atoms with Crippen LogP contribution in [0.1, 0.15) is 13.3 Å². The van der Waals surface area contributed by atoms with Gasteiger partial charge in [-0.05, 0) is 25.1 Å². The quantitative estimate of drug-likeness (QED) is 0.621. The second-order valence-electron chi connectivity index (χ2n) is 6.00. The lowest BCUT2D eigenvalue weighted by atomic mass is 10.2. The summed E-state index contributed by atoms with van der Waals surface area (Å²) in [6.07, 6.45) is 0.364. The van der Waals surface area contributed by atoms with E-state index in [9.17, 15) is 13.2 Å². The van der Waals surface area contributed by atoms with Gasteiger partial charge in [0.1, 0.15) is 0 Å². The van der Waals surface area contributed by atoms with Gasteiger partial charge < -0.3 is 16.0 Å². The molecule has 3 N–H and O–H groups in total. The fourth-order valence-corrected chi connectivity index (χ4v) is 4.40. The van der Waals surface area contributed by atoms with E-state index in [0.29, 0.717) is 24.3 Å². The predicted molar refractivity (Wildman–Crippen MR) is 111 cm³/mol. The summed E-state index contributed by atoms with van der Waals surface area (Å²) in [4.78, 5) is 12.5. The molecule has 0 radical (unpaired) electrons. The number of hydrogen-bond acceptors (Lipinski definition) is 6. The monoisotopic (exact) mass is 422 g/mol. The topological polar surface area (TPSA) is 90.5 Å². The highest BCUT2D eigenvalue weighted by atomic mass is 35.5. The standard InChI is InChI=1S/C16H26N4O3S2.ClH/c1-4-17-14-6-5-13(25(22,23)20(2)3)10-15(14)19-16(21)9-12-11-24-8-7-18-12;/h5-6,10,12,17-18H,4,7-9,11H2,1-3H3,(H,19,21);1H. The van der Waals surface area contributed by atoms with Gasteiger partial charge in [0.25, 0.3) is 0 Å². The van der Waals surface area contributed by atoms with E-state index in [1.165, 1.54) is 20.2 Å². The van der Waals surface area contributed by atoms with Crippen molar-refractivity contribution in [3.05, 3.63) is 18.2 Å². The van der Waals surface area contributed by atoms with Crippen molar-refractivity contribution in [2.75, 3.05) is 49.3 Å². The zero-order valence-electron chi connectivity index (χ0n) is 15.2. The van der Waals surface area contributed by atoms with E-state index in [4.69, 9.17) is 0 Å². The number of rotatable bonds is 7. The Balaban J connectivity index is 0.00000338. The van der Waals surface area contributed by atoms with Crippen molar-refractivity contribution in [3.63, 3.8) is 0 Å². The summed E-state index contributed by atoms with van der Waals surface area (Å²) in [5.74, 6) is 1.84. The predicted octanol–water partition coefficient (Wildman–Crippen LogP) is 1.82. The molecule has 1 heterocycles. The maximum absolute atomic E-state index is 12.4.